The largest absolute Gasteiger partial charge is 0.329 e. The highest BCUT2D eigenvalue weighted by molar-refractivity contribution is 7.89. The lowest BCUT2D eigenvalue weighted by molar-refractivity contribution is 0.103. The van der Waals surface area contributed by atoms with Gasteiger partial charge in [-0.2, -0.15) is 0 Å². The summed E-state index contributed by atoms with van der Waals surface area (Å²) in [6.45, 7) is 0.387. The number of thiophene rings is 1. The quantitative estimate of drug-likeness (QED) is 0.614. The second kappa shape index (κ2) is 9.66. The van der Waals surface area contributed by atoms with Gasteiger partial charge in [0.2, 0.25) is 10.0 Å². The predicted octanol–water partition coefficient (Wildman–Crippen LogP) is 2.93. The van der Waals surface area contributed by atoms with Crippen molar-refractivity contribution in [3.63, 3.8) is 0 Å². The Morgan fingerprint density at radius 3 is 2.70 bits per heavy atom. The van der Waals surface area contributed by atoms with Gasteiger partial charge in [0, 0.05) is 23.7 Å². The van der Waals surface area contributed by atoms with Gasteiger partial charge in [-0.25, -0.2) is 13.1 Å². The molecule has 6 nitrogen and oxygen atoms in total. The van der Waals surface area contributed by atoms with Crippen LogP contribution >= 0.6 is 23.7 Å². The summed E-state index contributed by atoms with van der Waals surface area (Å²) in [5, 5.41) is 2.81. The number of anilines is 1. The van der Waals surface area contributed by atoms with Crippen LogP contribution in [0.3, 0.4) is 0 Å². The SMILES string of the molecule is Cl.NCCNS(=O)(=O)c1cccc(NC(=O)c2cc3c(s2)CCCCC3)c1. The second-order valence-corrected chi connectivity index (χ2v) is 9.19. The number of nitrogens with one attached hydrogen (secondary N) is 2. The summed E-state index contributed by atoms with van der Waals surface area (Å²) >= 11 is 1.54. The van der Waals surface area contributed by atoms with E-state index in [0.29, 0.717) is 10.6 Å². The molecule has 0 aliphatic heterocycles. The van der Waals surface area contributed by atoms with Crippen LogP contribution in [0.15, 0.2) is 35.2 Å². The summed E-state index contributed by atoms with van der Waals surface area (Å²) in [5.41, 5.74) is 7.07. The van der Waals surface area contributed by atoms with Crippen molar-refractivity contribution < 1.29 is 13.2 Å². The molecule has 2 aromatic rings. The first-order valence-corrected chi connectivity index (χ1v) is 11.0. The lowest BCUT2D eigenvalue weighted by Gasteiger charge is -2.08. The Morgan fingerprint density at radius 2 is 1.93 bits per heavy atom. The number of sulfonamides is 1. The lowest BCUT2D eigenvalue weighted by atomic mass is 10.1. The van der Waals surface area contributed by atoms with Crippen molar-refractivity contribution in [2.45, 2.75) is 37.0 Å². The van der Waals surface area contributed by atoms with Crippen molar-refractivity contribution in [1.82, 2.24) is 4.72 Å². The van der Waals surface area contributed by atoms with Gasteiger partial charge < -0.3 is 11.1 Å². The normalized spacial score (nSPS) is 14.0. The Labute approximate surface area is 170 Å². The minimum absolute atomic E-state index is 0. The smallest absolute Gasteiger partial charge is 0.265 e. The fraction of sp³-hybridized carbons (Fsp3) is 0.389. The number of nitrogens with two attached hydrogens (primary N) is 1. The van der Waals surface area contributed by atoms with Gasteiger partial charge in [-0.1, -0.05) is 12.5 Å². The van der Waals surface area contributed by atoms with Gasteiger partial charge in [-0.05, 0) is 55.5 Å². The maximum atomic E-state index is 12.6. The number of aryl methyl sites for hydroxylation is 2. The molecule has 0 saturated carbocycles. The minimum Gasteiger partial charge on any atom is -0.329 e. The molecule has 0 saturated heterocycles. The van der Waals surface area contributed by atoms with Crippen LogP contribution in [0.2, 0.25) is 0 Å². The zero-order chi connectivity index (χ0) is 18.6. The highest BCUT2D eigenvalue weighted by Crippen LogP contribution is 2.29. The number of hydrogen-bond acceptors (Lipinski definition) is 5. The van der Waals surface area contributed by atoms with Crippen LogP contribution < -0.4 is 15.8 Å². The lowest BCUT2D eigenvalue weighted by Crippen LogP contribution is -2.29. The highest BCUT2D eigenvalue weighted by atomic mass is 35.5. The Balaban J connectivity index is 0.00000261. The average Bonchev–Trinajstić information content (AvgIpc) is 2.91. The van der Waals surface area contributed by atoms with Crippen LogP contribution in [-0.2, 0) is 22.9 Å². The van der Waals surface area contributed by atoms with Gasteiger partial charge in [-0.15, -0.1) is 23.7 Å². The molecule has 1 aromatic carbocycles. The van der Waals surface area contributed by atoms with Gasteiger partial charge >= 0.3 is 0 Å². The van der Waals surface area contributed by atoms with E-state index in [1.165, 1.54) is 41.8 Å². The Morgan fingerprint density at radius 1 is 1.15 bits per heavy atom. The van der Waals surface area contributed by atoms with E-state index in [4.69, 9.17) is 5.73 Å². The number of carbonyl (C=O) groups is 1. The number of amides is 1. The molecule has 1 aliphatic carbocycles. The topological polar surface area (TPSA) is 101 Å². The van der Waals surface area contributed by atoms with Crippen LogP contribution in [0.5, 0.6) is 0 Å². The molecule has 1 aliphatic rings. The van der Waals surface area contributed by atoms with E-state index in [0.717, 1.165) is 12.8 Å². The Hall–Kier alpha value is -1.45. The summed E-state index contributed by atoms with van der Waals surface area (Å²) in [6, 6.07) is 8.20. The van der Waals surface area contributed by atoms with Crippen molar-refractivity contribution in [1.29, 1.82) is 0 Å². The summed E-state index contributed by atoms with van der Waals surface area (Å²) in [4.78, 5) is 14.6. The average molecular weight is 430 g/mol. The molecule has 0 bridgehead atoms. The van der Waals surface area contributed by atoms with Crippen molar-refractivity contribution >= 4 is 45.4 Å². The molecule has 1 heterocycles. The maximum absolute atomic E-state index is 12.6. The van der Waals surface area contributed by atoms with Crippen molar-refractivity contribution in [2.75, 3.05) is 18.4 Å². The van der Waals surface area contributed by atoms with Crippen molar-refractivity contribution in [2.24, 2.45) is 5.73 Å². The number of halogens is 1. The number of rotatable bonds is 6. The Kier molecular flexibility index (Phi) is 7.81. The molecule has 0 atom stereocenters. The first-order chi connectivity index (χ1) is 12.5. The van der Waals surface area contributed by atoms with Crippen molar-refractivity contribution in [3.8, 4) is 0 Å². The minimum atomic E-state index is -3.63. The molecule has 27 heavy (non-hydrogen) atoms. The van der Waals surface area contributed by atoms with Crippen LogP contribution in [-0.4, -0.2) is 27.4 Å². The maximum Gasteiger partial charge on any atom is 0.265 e. The molecule has 0 radical (unpaired) electrons. The van der Waals surface area contributed by atoms with Gasteiger partial charge in [-0.3, -0.25) is 4.79 Å². The summed E-state index contributed by atoms with van der Waals surface area (Å²) in [5.74, 6) is -0.201. The van der Waals surface area contributed by atoms with Crippen molar-refractivity contribution in [3.05, 3.63) is 45.6 Å². The third-order valence-corrected chi connectivity index (χ3v) is 7.00. The first kappa shape index (κ1) is 21.8. The predicted molar refractivity (Wildman–Crippen MR) is 111 cm³/mol. The van der Waals surface area contributed by atoms with E-state index < -0.39 is 10.0 Å². The number of fused-ring (bicyclic) bond motifs is 1. The molecule has 148 valence electrons. The molecular weight excluding hydrogens is 406 g/mol. The summed E-state index contributed by atoms with van der Waals surface area (Å²) in [7, 11) is -3.63. The van der Waals surface area contributed by atoms with E-state index in [1.54, 1.807) is 23.5 Å². The zero-order valence-corrected chi connectivity index (χ0v) is 17.3. The molecule has 3 rings (SSSR count). The van der Waals surface area contributed by atoms with E-state index >= 15 is 0 Å². The molecular formula is C18H24ClN3O3S2. The monoisotopic (exact) mass is 429 g/mol. The molecule has 1 amide bonds. The van der Waals surface area contributed by atoms with E-state index in [1.807, 2.05) is 6.07 Å². The molecule has 0 unspecified atom stereocenters. The van der Waals surface area contributed by atoms with E-state index in [-0.39, 0.29) is 36.3 Å². The molecule has 9 heteroatoms. The van der Waals surface area contributed by atoms with Gasteiger partial charge in [0.15, 0.2) is 0 Å². The van der Waals surface area contributed by atoms with Crippen LogP contribution in [0.4, 0.5) is 5.69 Å². The number of hydrogen-bond donors (Lipinski definition) is 3. The Bertz CT molecular complexity index is 874. The van der Waals surface area contributed by atoms with E-state index in [9.17, 15) is 13.2 Å². The van der Waals surface area contributed by atoms with Gasteiger partial charge in [0.25, 0.3) is 5.91 Å². The third kappa shape index (κ3) is 5.52. The van der Waals surface area contributed by atoms with Crippen LogP contribution in [0, 0.1) is 0 Å². The van der Waals surface area contributed by atoms with E-state index in [2.05, 4.69) is 10.0 Å². The second-order valence-electron chi connectivity index (χ2n) is 6.29. The highest BCUT2D eigenvalue weighted by Gasteiger charge is 2.18. The number of benzene rings is 1. The summed E-state index contributed by atoms with van der Waals surface area (Å²) < 4.78 is 26.8. The zero-order valence-electron chi connectivity index (χ0n) is 14.9. The molecule has 0 fully saturated rings. The number of carbonyl (C=O) groups excluding carboxylic acids is 1. The van der Waals surface area contributed by atoms with Gasteiger partial charge in [0.1, 0.15) is 0 Å². The summed E-state index contributed by atoms with van der Waals surface area (Å²) in [6.07, 6.45) is 5.64. The third-order valence-electron chi connectivity index (χ3n) is 4.31. The molecule has 1 aromatic heterocycles. The first-order valence-electron chi connectivity index (χ1n) is 8.72. The molecule has 4 N–H and O–H groups in total. The van der Waals surface area contributed by atoms with Gasteiger partial charge in [0.05, 0.1) is 9.77 Å². The van der Waals surface area contributed by atoms with Crippen LogP contribution in [0.25, 0.3) is 0 Å². The standard InChI is InChI=1S/C18H23N3O3S2.ClH/c19-9-10-20-26(23,24)15-7-4-6-14(12-15)21-18(22)17-11-13-5-2-1-3-8-16(13)25-17;/h4,6-7,11-12,20H,1-3,5,8-10,19H2,(H,21,22);1H. The van der Waals surface area contributed by atoms with Crippen LogP contribution in [0.1, 0.15) is 39.4 Å². The molecule has 0 spiro atoms. The fourth-order valence-electron chi connectivity index (χ4n) is 2.99. The fourth-order valence-corrected chi connectivity index (χ4v) is 5.23.